The summed E-state index contributed by atoms with van der Waals surface area (Å²) in [6.45, 7) is 1.81. The number of ether oxygens (including phenoxy) is 1. The van der Waals surface area contributed by atoms with Gasteiger partial charge in [0.05, 0.1) is 0 Å². The van der Waals surface area contributed by atoms with Crippen molar-refractivity contribution in [2.75, 3.05) is 0 Å². The van der Waals surface area contributed by atoms with Crippen molar-refractivity contribution in [3.05, 3.63) is 42.0 Å². The lowest BCUT2D eigenvalue weighted by molar-refractivity contribution is -0.159. The predicted molar refractivity (Wildman–Crippen MR) is 71.1 cm³/mol. The first-order chi connectivity index (χ1) is 9.11. The minimum Gasteiger partial charge on any atom is -0.393 e. The molecule has 4 heteroatoms. The fourth-order valence-corrected chi connectivity index (χ4v) is 1.37. The van der Waals surface area contributed by atoms with Crippen LogP contribution < -0.4 is 0 Å². The van der Waals surface area contributed by atoms with Crippen LogP contribution in [0.4, 0.5) is 0 Å². The molecular weight excluding hydrogens is 244 g/mol. The average Bonchev–Trinajstić information content (AvgIpc) is 2.37. The SMILES string of the molecule is CCCC(=O)OC(=O)CC(=O)C=Cc1ccccc1. The summed E-state index contributed by atoms with van der Waals surface area (Å²) in [7, 11) is 0. The molecule has 0 heterocycles. The molecule has 0 saturated carbocycles. The molecule has 0 bridgehead atoms. The number of benzene rings is 1. The second-order valence-electron chi connectivity index (χ2n) is 3.98. The monoisotopic (exact) mass is 260 g/mol. The van der Waals surface area contributed by atoms with Crippen molar-refractivity contribution in [1.29, 1.82) is 0 Å². The van der Waals surface area contributed by atoms with E-state index in [1.165, 1.54) is 6.08 Å². The van der Waals surface area contributed by atoms with Crippen molar-refractivity contribution in [3.63, 3.8) is 0 Å². The molecule has 0 atom stereocenters. The van der Waals surface area contributed by atoms with Crippen LogP contribution in [0.2, 0.25) is 0 Å². The van der Waals surface area contributed by atoms with E-state index in [0.717, 1.165) is 5.56 Å². The third-order valence-electron chi connectivity index (χ3n) is 2.26. The highest BCUT2D eigenvalue weighted by Crippen LogP contribution is 2.02. The minimum absolute atomic E-state index is 0.180. The van der Waals surface area contributed by atoms with Crippen LogP contribution in [0.25, 0.3) is 6.08 Å². The molecule has 1 aromatic rings. The standard InChI is InChI=1S/C15H16O4/c1-2-6-14(17)19-15(18)11-13(16)10-9-12-7-4-3-5-8-12/h3-5,7-10H,2,6,11H2,1H3. The molecule has 0 unspecified atom stereocenters. The average molecular weight is 260 g/mol. The first kappa shape index (κ1) is 14.8. The summed E-state index contributed by atoms with van der Waals surface area (Å²) in [6.07, 6.45) is 3.29. The van der Waals surface area contributed by atoms with E-state index in [0.29, 0.717) is 6.42 Å². The molecule has 0 fully saturated rings. The van der Waals surface area contributed by atoms with Crippen LogP contribution in [0.1, 0.15) is 31.7 Å². The van der Waals surface area contributed by atoms with Gasteiger partial charge in [-0.1, -0.05) is 43.3 Å². The topological polar surface area (TPSA) is 60.4 Å². The molecule has 0 amide bonds. The summed E-state index contributed by atoms with van der Waals surface area (Å²) in [5.74, 6) is -1.79. The van der Waals surface area contributed by atoms with Crippen LogP contribution >= 0.6 is 0 Å². The maximum Gasteiger partial charge on any atom is 0.321 e. The highest BCUT2D eigenvalue weighted by atomic mass is 16.6. The summed E-state index contributed by atoms with van der Waals surface area (Å²) in [4.78, 5) is 33.8. The molecule has 0 aliphatic heterocycles. The lowest BCUT2D eigenvalue weighted by atomic mass is 10.2. The van der Waals surface area contributed by atoms with Gasteiger partial charge in [0.15, 0.2) is 5.78 Å². The quantitative estimate of drug-likeness (QED) is 0.448. The van der Waals surface area contributed by atoms with E-state index in [1.54, 1.807) is 13.0 Å². The van der Waals surface area contributed by atoms with Gasteiger partial charge in [0.25, 0.3) is 0 Å². The van der Waals surface area contributed by atoms with Gasteiger partial charge >= 0.3 is 11.9 Å². The Morgan fingerprint density at radius 2 is 1.79 bits per heavy atom. The Balaban J connectivity index is 2.41. The van der Waals surface area contributed by atoms with E-state index < -0.39 is 24.1 Å². The number of rotatable bonds is 6. The minimum atomic E-state index is -0.804. The molecule has 0 saturated heterocycles. The molecule has 0 aromatic heterocycles. The van der Waals surface area contributed by atoms with Crippen LogP contribution in [0.5, 0.6) is 0 Å². The zero-order chi connectivity index (χ0) is 14.1. The van der Waals surface area contributed by atoms with Crippen LogP contribution in [0, 0.1) is 0 Å². The number of carbonyl (C=O) groups is 3. The number of hydrogen-bond acceptors (Lipinski definition) is 4. The van der Waals surface area contributed by atoms with Gasteiger partial charge in [0.1, 0.15) is 6.42 Å². The fraction of sp³-hybridized carbons (Fsp3) is 0.267. The Morgan fingerprint density at radius 3 is 2.42 bits per heavy atom. The number of carbonyl (C=O) groups excluding carboxylic acids is 3. The maximum absolute atomic E-state index is 11.5. The third-order valence-corrected chi connectivity index (χ3v) is 2.26. The Morgan fingerprint density at radius 1 is 1.11 bits per heavy atom. The van der Waals surface area contributed by atoms with Crippen molar-refractivity contribution in [2.45, 2.75) is 26.2 Å². The second kappa shape index (κ2) is 7.97. The van der Waals surface area contributed by atoms with Gasteiger partial charge in [-0.05, 0) is 18.1 Å². The first-order valence-corrected chi connectivity index (χ1v) is 6.11. The first-order valence-electron chi connectivity index (χ1n) is 6.11. The molecule has 0 aliphatic carbocycles. The summed E-state index contributed by atoms with van der Waals surface area (Å²) >= 11 is 0. The van der Waals surface area contributed by atoms with Gasteiger partial charge in [-0.15, -0.1) is 0 Å². The molecule has 1 aromatic carbocycles. The summed E-state index contributed by atoms with van der Waals surface area (Å²) in [6, 6.07) is 9.25. The van der Waals surface area contributed by atoms with E-state index >= 15 is 0 Å². The van der Waals surface area contributed by atoms with Gasteiger partial charge in [0.2, 0.25) is 0 Å². The Hall–Kier alpha value is -2.23. The lowest BCUT2D eigenvalue weighted by Crippen LogP contribution is -2.14. The lowest BCUT2D eigenvalue weighted by Gasteiger charge is -1.99. The van der Waals surface area contributed by atoms with Crippen LogP contribution in [-0.2, 0) is 19.1 Å². The molecule has 4 nitrogen and oxygen atoms in total. The molecule has 0 aliphatic rings. The zero-order valence-electron chi connectivity index (χ0n) is 10.8. The van der Waals surface area contributed by atoms with E-state index in [9.17, 15) is 14.4 Å². The summed E-state index contributed by atoms with van der Waals surface area (Å²) in [5, 5.41) is 0. The van der Waals surface area contributed by atoms with Gasteiger partial charge in [0, 0.05) is 6.42 Å². The van der Waals surface area contributed by atoms with Crippen molar-refractivity contribution in [1.82, 2.24) is 0 Å². The van der Waals surface area contributed by atoms with E-state index in [2.05, 4.69) is 4.74 Å². The Kier molecular flexibility index (Phi) is 6.22. The van der Waals surface area contributed by atoms with Gasteiger partial charge in [-0.25, -0.2) is 0 Å². The van der Waals surface area contributed by atoms with E-state index in [1.807, 2.05) is 30.3 Å². The zero-order valence-corrected chi connectivity index (χ0v) is 10.8. The highest BCUT2D eigenvalue weighted by Gasteiger charge is 2.12. The molecule has 100 valence electrons. The largest absolute Gasteiger partial charge is 0.393 e. The molecular formula is C15H16O4. The van der Waals surface area contributed by atoms with Crippen LogP contribution in [0.3, 0.4) is 0 Å². The van der Waals surface area contributed by atoms with E-state index in [4.69, 9.17) is 0 Å². The van der Waals surface area contributed by atoms with Gasteiger partial charge in [-0.2, -0.15) is 0 Å². The molecule has 0 N–H and O–H groups in total. The molecule has 0 radical (unpaired) electrons. The summed E-state index contributed by atoms with van der Waals surface area (Å²) in [5.41, 5.74) is 0.867. The molecule has 0 spiro atoms. The van der Waals surface area contributed by atoms with Crippen molar-refractivity contribution < 1.29 is 19.1 Å². The number of hydrogen-bond donors (Lipinski definition) is 0. The predicted octanol–water partition coefficient (Wildman–Crippen LogP) is 2.53. The van der Waals surface area contributed by atoms with Crippen molar-refractivity contribution >= 4 is 23.8 Å². The fourth-order valence-electron chi connectivity index (χ4n) is 1.37. The van der Waals surface area contributed by atoms with E-state index in [-0.39, 0.29) is 6.42 Å². The molecule has 1 rings (SSSR count). The number of allylic oxidation sites excluding steroid dienone is 1. The smallest absolute Gasteiger partial charge is 0.321 e. The maximum atomic E-state index is 11.5. The highest BCUT2D eigenvalue weighted by molar-refractivity contribution is 6.05. The summed E-state index contributed by atoms with van der Waals surface area (Å²) < 4.78 is 4.48. The molecule has 19 heavy (non-hydrogen) atoms. The Labute approximate surface area is 112 Å². The Bertz CT molecular complexity index is 474. The van der Waals surface area contributed by atoms with Crippen LogP contribution in [0.15, 0.2) is 36.4 Å². The van der Waals surface area contributed by atoms with Gasteiger partial charge in [-0.3, -0.25) is 14.4 Å². The third kappa shape index (κ3) is 6.31. The van der Waals surface area contributed by atoms with Crippen molar-refractivity contribution in [2.24, 2.45) is 0 Å². The van der Waals surface area contributed by atoms with Crippen molar-refractivity contribution in [3.8, 4) is 0 Å². The number of ketones is 1. The normalized spacial score (nSPS) is 10.4. The number of esters is 2. The van der Waals surface area contributed by atoms with Crippen LogP contribution in [-0.4, -0.2) is 17.7 Å². The second-order valence-corrected chi connectivity index (χ2v) is 3.98. The van der Waals surface area contributed by atoms with Gasteiger partial charge < -0.3 is 4.74 Å².